The number of likely N-dealkylation sites (tertiary alicyclic amines) is 1. The molecule has 2 aliphatic heterocycles. The van der Waals surface area contributed by atoms with Crippen molar-refractivity contribution in [3.8, 4) is 23.3 Å². The van der Waals surface area contributed by atoms with Crippen LogP contribution in [0, 0.1) is 29.1 Å². The number of hydrogen-bond donors (Lipinski definition) is 1. The fraction of sp³-hybridized carbons (Fsp3) is 0.429. The van der Waals surface area contributed by atoms with E-state index in [1.165, 1.54) is 12.8 Å². The molecule has 6 heterocycles. The molecular weight excluding hydrogens is 592 g/mol. The van der Waals surface area contributed by atoms with Crippen molar-refractivity contribution in [2.24, 2.45) is 23.5 Å². The highest BCUT2D eigenvalue weighted by Gasteiger charge is 2.47. The lowest BCUT2D eigenvalue weighted by atomic mass is 9.99. The van der Waals surface area contributed by atoms with Crippen LogP contribution in [-0.2, 0) is 13.1 Å². The minimum Gasteiger partial charge on any atom is -0.494 e. The lowest BCUT2D eigenvalue weighted by molar-refractivity contribution is 0.0700. The van der Waals surface area contributed by atoms with Crippen LogP contribution in [0.3, 0.4) is 0 Å². The third kappa shape index (κ3) is 4.63. The Morgan fingerprint density at radius 2 is 1.85 bits per heavy atom. The second-order valence-corrected chi connectivity index (χ2v) is 13.7. The number of nitriles is 1. The maximum atomic E-state index is 13.9. The minimum atomic E-state index is -0.00720. The summed E-state index contributed by atoms with van der Waals surface area (Å²) in [6.45, 7) is 3.86. The largest absolute Gasteiger partial charge is 0.494 e. The molecule has 47 heavy (non-hydrogen) atoms. The third-order valence-corrected chi connectivity index (χ3v) is 10.7. The molecule has 1 amide bonds. The van der Waals surface area contributed by atoms with E-state index in [1.807, 2.05) is 41.4 Å². The van der Waals surface area contributed by atoms with E-state index in [2.05, 4.69) is 36.1 Å². The predicted octanol–water partition coefficient (Wildman–Crippen LogP) is 3.83. The van der Waals surface area contributed by atoms with Gasteiger partial charge in [0.05, 0.1) is 18.3 Å². The van der Waals surface area contributed by atoms with E-state index in [9.17, 15) is 10.1 Å². The summed E-state index contributed by atoms with van der Waals surface area (Å²) in [5.41, 5.74) is 10.6. The maximum Gasteiger partial charge on any atom is 0.254 e. The summed E-state index contributed by atoms with van der Waals surface area (Å²) in [6.07, 6.45) is 7.97. The highest BCUT2D eigenvalue weighted by molar-refractivity contribution is 6.00. The number of hydrogen-bond acceptors (Lipinski definition) is 9. The van der Waals surface area contributed by atoms with Gasteiger partial charge in [0.1, 0.15) is 28.8 Å². The summed E-state index contributed by atoms with van der Waals surface area (Å²) < 4.78 is 10.6. The smallest absolute Gasteiger partial charge is 0.254 e. The number of anilines is 1. The summed E-state index contributed by atoms with van der Waals surface area (Å²) >= 11 is 0. The first-order valence-electron chi connectivity index (χ1n) is 16.6. The van der Waals surface area contributed by atoms with Crippen molar-refractivity contribution in [1.29, 1.82) is 5.26 Å². The standard InChI is InChI=1S/C35H36N10O2/c1-47-28-13-24(35(46)44-19-23-6-7-26(44)31(23)37)11-25-32(28)45(18-21-15-42(16-21)30-8-10-38-29(14-36)41-30)34(40-25)27-12-22-3-2-9-39-33(22)43(27)17-20-4-5-20/h2-3,8-13,20-21,23,26,31H,4-7,15-19,37H2,1H3/t23-,26-,31-/m1/s1. The number of carbonyl (C=O) groups excluding carboxylic acids is 1. The Balaban J connectivity index is 1.14. The number of piperidine rings is 1. The van der Waals surface area contributed by atoms with Gasteiger partial charge in [-0.1, -0.05) is 0 Å². The van der Waals surface area contributed by atoms with Crippen LogP contribution in [0.25, 0.3) is 33.6 Å². The van der Waals surface area contributed by atoms with Crippen LogP contribution < -0.4 is 15.4 Å². The molecule has 4 aliphatic rings. The average Bonchev–Trinajstić information content (AvgIpc) is 3.44. The van der Waals surface area contributed by atoms with Crippen molar-refractivity contribution in [2.45, 2.75) is 50.9 Å². The van der Waals surface area contributed by atoms with E-state index in [0.717, 1.165) is 71.9 Å². The Morgan fingerprint density at radius 1 is 1.00 bits per heavy atom. The number of fused-ring (bicyclic) bond motifs is 4. The summed E-state index contributed by atoms with van der Waals surface area (Å²) in [5, 5.41) is 10.4. The van der Waals surface area contributed by atoms with Crippen molar-refractivity contribution in [1.82, 2.24) is 34.0 Å². The summed E-state index contributed by atoms with van der Waals surface area (Å²) in [7, 11) is 1.66. The molecule has 12 nitrogen and oxygen atoms in total. The first-order valence-corrected chi connectivity index (χ1v) is 16.6. The molecule has 1 aromatic carbocycles. The van der Waals surface area contributed by atoms with Crippen LogP contribution in [0.5, 0.6) is 5.75 Å². The number of nitrogens with two attached hydrogens (primary N) is 1. The van der Waals surface area contributed by atoms with E-state index in [4.69, 9.17) is 20.4 Å². The Hall–Kier alpha value is -5.02. The Kier molecular flexibility index (Phi) is 6.47. The number of benzene rings is 1. The van der Waals surface area contributed by atoms with Gasteiger partial charge in [-0.2, -0.15) is 5.26 Å². The van der Waals surface area contributed by atoms with E-state index in [1.54, 1.807) is 13.3 Å². The Bertz CT molecular complexity index is 2090. The zero-order valence-corrected chi connectivity index (χ0v) is 26.3. The summed E-state index contributed by atoms with van der Waals surface area (Å²) in [6, 6.07) is 14.1. The van der Waals surface area contributed by atoms with Gasteiger partial charge in [0.2, 0.25) is 5.82 Å². The molecule has 5 aromatic rings. The molecule has 3 atom stereocenters. The molecule has 0 spiro atoms. The Morgan fingerprint density at radius 3 is 2.60 bits per heavy atom. The van der Waals surface area contributed by atoms with Gasteiger partial charge >= 0.3 is 0 Å². The van der Waals surface area contributed by atoms with Crippen LogP contribution >= 0.6 is 0 Å². The van der Waals surface area contributed by atoms with Crippen LogP contribution in [0.4, 0.5) is 5.82 Å². The number of aromatic nitrogens is 6. The lowest BCUT2D eigenvalue weighted by Gasteiger charge is -2.40. The maximum absolute atomic E-state index is 13.9. The van der Waals surface area contributed by atoms with Gasteiger partial charge in [0.25, 0.3) is 5.91 Å². The number of ether oxygens (including phenoxy) is 1. The van der Waals surface area contributed by atoms with Gasteiger partial charge in [-0.25, -0.2) is 19.9 Å². The lowest BCUT2D eigenvalue weighted by Crippen LogP contribution is -2.49. The van der Waals surface area contributed by atoms with E-state index in [-0.39, 0.29) is 23.8 Å². The molecule has 2 aliphatic carbocycles. The number of amides is 1. The normalized spacial score (nSPS) is 22.3. The van der Waals surface area contributed by atoms with Crippen LogP contribution in [0.1, 0.15) is 41.9 Å². The molecule has 0 unspecified atom stereocenters. The number of pyridine rings is 1. The van der Waals surface area contributed by atoms with Gasteiger partial charge in [0, 0.05) is 74.1 Å². The monoisotopic (exact) mass is 628 g/mol. The van der Waals surface area contributed by atoms with Crippen molar-refractivity contribution < 1.29 is 9.53 Å². The molecule has 2 saturated carbocycles. The number of methoxy groups -OCH3 is 1. The molecule has 0 radical (unpaired) electrons. The van der Waals surface area contributed by atoms with E-state index in [0.29, 0.717) is 42.2 Å². The fourth-order valence-electron chi connectivity index (χ4n) is 8.06. The summed E-state index contributed by atoms with van der Waals surface area (Å²) in [4.78, 5) is 36.5. The minimum absolute atomic E-state index is 0.00720. The molecular formula is C35H36N10O2. The Labute approximate surface area is 271 Å². The predicted molar refractivity (Wildman–Crippen MR) is 176 cm³/mol. The van der Waals surface area contributed by atoms with Gasteiger partial charge < -0.3 is 29.4 Å². The van der Waals surface area contributed by atoms with E-state index >= 15 is 0 Å². The van der Waals surface area contributed by atoms with Crippen molar-refractivity contribution in [3.63, 3.8) is 0 Å². The van der Waals surface area contributed by atoms with Crippen molar-refractivity contribution in [3.05, 3.63) is 60.2 Å². The number of nitrogens with zero attached hydrogens (tertiary/aromatic N) is 9. The van der Waals surface area contributed by atoms with Crippen LogP contribution in [0.15, 0.2) is 48.8 Å². The zero-order chi connectivity index (χ0) is 31.8. The molecule has 2 bridgehead atoms. The topological polar surface area (TPSA) is 144 Å². The first-order chi connectivity index (χ1) is 23.0. The molecule has 12 heteroatoms. The first kappa shape index (κ1) is 28.2. The van der Waals surface area contributed by atoms with Gasteiger partial charge in [-0.15, -0.1) is 0 Å². The van der Waals surface area contributed by atoms with Gasteiger partial charge in [0.15, 0.2) is 5.82 Å². The van der Waals surface area contributed by atoms with Crippen LogP contribution in [-0.4, -0.2) is 78.7 Å². The molecule has 4 aromatic heterocycles. The summed E-state index contributed by atoms with van der Waals surface area (Å²) in [5.74, 6) is 3.71. The van der Waals surface area contributed by atoms with Gasteiger partial charge in [-0.05, 0) is 73.9 Å². The number of imidazole rings is 1. The average molecular weight is 629 g/mol. The molecule has 2 saturated heterocycles. The van der Waals surface area contributed by atoms with Gasteiger partial charge in [-0.3, -0.25) is 4.79 Å². The van der Waals surface area contributed by atoms with E-state index < -0.39 is 0 Å². The van der Waals surface area contributed by atoms with Crippen molar-refractivity contribution in [2.75, 3.05) is 31.6 Å². The fourth-order valence-corrected chi connectivity index (χ4v) is 8.06. The zero-order valence-electron chi connectivity index (χ0n) is 26.3. The SMILES string of the molecule is COc1cc(C(=O)N2C[C@H]3CC[C@@H]2[C@@H]3N)cc2nc(-c3cc4cccnc4n3CC3CC3)n(CC3CN(c4ccnc(C#N)n4)C3)c12. The highest BCUT2D eigenvalue weighted by Crippen LogP contribution is 2.41. The van der Waals surface area contributed by atoms with Crippen molar-refractivity contribution >= 4 is 33.8 Å². The highest BCUT2D eigenvalue weighted by atomic mass is 16.5. The number of rotatable bonds is 8. The third-order valence-electron chi connectivity index (χ3n) is 10.7. The molecule has 9 rings (SSSR count). The number of carbonyl (C=O) groups is 1. The molecule has 4 fully saturated rings. The molecule has 2 N–H and O–H groups in total. The quantitative estimate of drug-likeness (QED) is 0.271. The second-order valence-electron chi connectivity index (χ2n) is 13.7. The molecule has 238 valence electrons. The second kappa shape index (κ2) is 10.8. The van der Waals surface area contributed by atoms with Crippen LogP contribution in [0.2, 0.25) is 0 Å².